The summed E-state index contributed by atoms with van der Waals surface area (Å²) in [6.07, 6.45) is 0.905. The molecule has 0 aliphatic rings. The number of benzene rings is 4. The van der Waals surface area contributed by atoms with Gasteiger partial charge in [-0.3, -0.25) is 13.9 Å². The second-order valence-corrected chi connectivity index (χ2v) is 13.6. The minimum atomic E-state index is -4.19. The molecule has 0 spiro atoms. The Morgan fingerprint density at radius 1 is 0.826 bits per heavy atom. The monoisotopic (exact) mass is 643 g/mol. The fourth-order valence-corrected chi connectivity index (χ4v) is 6.51. The predicted octanol–water partition coefficient (Wildman–Crippen LogP) is 6.62. The maximum Gasteiger partial charge on any atom is 0.264 e. The van der Waals surface area contributed by atoms with E-state index in [9.17, 15) is 22.4 Å². The van der Waals surface area contributed by atoms with E-state index in [1.54, 1.807) is 36.4 Å². The first-order chi connectivity index (χ1) is 22.0. The molecule has 0 radical (unpaired) electrons. The maximum atomic E-state index is 14.5. The van der Waals surface area contributed by atoms with Crippen LogP contribution in [0.4, 0.5) is 10.1 Å². The van der Waals surface area contributed by atoms with E-state index in [4.69, 9.17) is 0 Å². The number of carbonyl (C=O) groups is 2. The van der Waals surface area contributed by atoms with Crippen LogP contribution >= 0.6 is 0 Å². The van der Waals surface area contributed by atoms with Gasteiger partial charge in [-0.1, -0.05) is 93.1 Å². The number of hydrogen-bond acceptors (Lipinski definition) is 4. The molecule has 0 bridgehead atoms. The molecule has 0 aromatic heterocycles. The number of anilines is 1. The van der Waals surface area contributed by atoms with Gasteiger partial charge in [0.1, 0.15) is 18.4 Å². The number of halogens is 1. The zero-order valence-corrected chi connectivity index (χ0v) is 27.6. The molecule has 46 heavy (non-hydrogen) atoms. The quantitative estimate of drug-likeness (QED) is 0.167. The van der Waals surface area contributed by atoms with Crippen molar-refractivity contribution in [2.24, 2.45) is 0 Å². The van der Waals surface area contributed by atoms with Crippen molar-refractivity contribution >= 4 is 27.5 Å². The van der Waals surface area contributed by atoms with Gasteiger partial charge >= 0.3 is 0 Å². The van der Waals surface area contributed by atoms with Crippen LogP contribution in [0.1, 0.15) is 55.4 Å². The molecule has 0 aliphatic heterocycles. The zero-order chi connectivity index (χ0) is 33.3. The molecule has 0 saturated carbocycles. The Balaban J connectivity index is 1.80. The van der Waals surface area contributed by atoms with Gasteiger partial charge < -0.3 is 10.2 Å². The van der Waals surface area contributed by atoms with E-state index < -0.39 is 34.3 Å². The van der Waals surface area contributed by atoms with Gasteiger partial charge in [0.15, 0.2) is 0 Å². The smallest absolute Gasteiger partial charge is 0.264 e. The number of carbonyl (C=O) groups excluding carboxylic acids is 2. The fourth-order valence-electron chi connectivity index (χ4n) is 5.10. The van der Waals surface area contributed by atoms with Crippen molar-refractivity contribution in [3.05, 3.63) is 131 Å². The van der Waals surface area contributed by atoms with E-state index in [0.717, 1.165) is 21.0 Å². The van der Waals surface area contributed by atoms with Gasteiger partial charge in [-0.25, -0.2) is 12.8 Å². The second-order valence-electron chi connectivity index (χ2n) is 11.7. The first kappa shape index (κ1) is 34.4. The lowest BCUT2D eigenvalue weighted by Gasteiger charge is -2.34. The molecule has 0 saturated heterocycles. The van der Waals surface area contributed by atoms with Gasteiger partial charge in [0, 0.05) is 19.5 Å². The highest BCUT2D eigenvalue weighted by Gasteiger charge is 2.34. The van der Waals surface area contributed by atoms with Crippen LogP contribution in [0, 0.1) is 12.7 Å². The van der Waals surface area contributed by atoms with Gasteiger partial charge in [-0.2, -0.15) is 0 Å². The molecule has 4 aromatic rings. The number of aryl methyl sites for hydroxylation is 1. The fraction of sp³-hybridized carbons (Fsp3) is 0.297. The largest absolute Gasteiger partial charge is 0.354 e. The van der Waals surface area contributed by atoms with Crippen LogP contribution in [0.3, 0.4) is 0 Å². The number of hydrogen-bond donors (Lipinski definition) is 1. The van der Waals surface area contributed by atoms with Crippen molar-refractivity contribution in [2.45, 2.75) is 63.9 Å². The standard InChI is InChI=1S/C37H42FN3O4S/c1-5-23-39-37(43)35(24-29-9-7-6-8-10-29)40(25-30-13-17-32(38)18-14-30)36(42)26-41(33-19-15-31(16-20-33)27(2)3)46(44,45)34-21-11-28(4)12-22-34/h6-22,27,35H,5,23-26H2,1-4H3,(H,39,43). The second kappa shape index (κ2) is 15.7. The van der Waals surface area contributed by atoms with E-state index >= 15 is 0 Å². The number of nitrogens with one attached hydrogen (secondary N) is 1. The predicted molar refractivity (Wildman–Crippen MR) is 180 cm³/mol. The third-order valence-electron chi connectivity index (χ3n) is 7.82. The van der Waals surface area contributed by atoms with Crippen LogP contribution in [0.2, 0.25) is 0 Å². The Hall–Kier alpha value is -4.50. The van der Waals surface area contributed by atoms with Crippen molar-refractivity contribution in [1.29, 1.82) is 0 Å². The lowest BCUT2D eigenvalue weighted by molar-refractivity contribution is -0.140. The molecule has 1 N–H and O–H groups in total. The highest BCUT2D eigenvalue weighted by Crippen LogP contribution is 2.27. The van der Waals surface area contributed by atoms with Crippen LogP contribution in [0.25, 0.3) is 0 Å². The molecule has 0 heterocycles. The summed E-state index contributed by atoms with van der Waals surface area (Å²) >= 11 is 0. The summed E-state index contributed by atoms with van der Waals surface area (Å²) in [5.74, 6) is -1.12. The van der Waals surface area contributed by atoms with Crippen molar-refractivity contribution < 1.29 is 22.4 Å². The normalized spacial score (nSPS) is 12.0. The van der Waals surface area contributed by atoms with Crippen molar-refractivity contribution in [1.82, 2.24) is 10.2 Å². The summed E-state index contributed by atoms with van der Waals surface area (Å²) < 4.78 is 43.3. The van der Waals surface area contributed by atoms with E-state index in [-0.39, 0.29) is 29.7 Å². The molecular weight excluding hydrogens is 601 g/mol. The molecule has 0 aliphatic carbocycles. The first-order valence-electron chi connectivity index (χ1n) is 15.5. The molecule has 242 valence electrons. The molecule has 1 atom stereocenters. The number of rotatable bonds is 14. The van der Waals surface area contributed by atoms with E-state index in [1.165, 1.54) is 29.2 Å². The molecular formula is C37H42FN3O4S. The molecule has 2 amide bonds. The van der Waals surface area contributed by atoms with Gasteiger partial charge in [0.25, 0.3) is 10.0 Å². The Morgan fingerprint density at radius 3 is 2.04 bits per heavy atom. The maximum absolute atomic E-state index is 14.5. The molecule has 1 unspecified atom stereocenters. The van der Waals surface area contributed by atoms with E-state index in [0.29, 0.717) is 24.2 Å². The third kappa shape index (κ3) is 8.81. The summed E-state index contributed by atoms with van der Waals surface area (Å²) in [5.41, 5.74) is 3.69. The minimum absolute atomic E-state index is 0.0269. The molecule has 7 nitrogen and oxygen atoms in total. The summed E-state index contributed by atoms with van der Waals surface area (Å²) in [6.45, 7) is 7.73. The molecule has 4 aromatic carbocycles. The highest BCUT2D eigenvalue weighted by molar-refractivity contribution is 7.92. The lowest BCUT2D eigenvalue weighted by atomic mass is 10.0. The summed E-state index contributed by atoms with van der Waals surface area (Å²) in [5, 5.41) is 2.92. The Kier molecular flexibility index (Phi) is 11.7. The Morgan fingerprint density at radius 2 is 1.46 bits per heavy atom. The summed E-state index contributed by atoms with van der Waals surface area (Å²) in [4.78, 5) is 29.6. The molecule has 9 heteroatoms. The molecule has 0 fully saturated rings. The third-order valence-corrected chi connectivity index (χ3v) is 9.61. The van der Waals surface area contributed by atoms with E-state index in [2.05, 4.69) is 5.32 Å². The number of amides is 2. The summed E-state index contributed by atoms with van der Waals surface area (Å²) in [7, 11) is -4.19. The van der Waals surface area contributed by atoms with E-state index in [1.807, 2.05) is 70.2 Å². The van der Waals surface area contributed by atoms with Crippen LogP contribution in [-0.2, 0) is 32.6 Å². The Bertz CT molecular complexity index is 1690. The minimum Gasteiger partial charge on any atom is -0.354 e. The van der Waals surface area contributed by atoms with Gasteiger partial charge in [0.2, 0.25) is 11.8 Å². The highest BCUT2D eigenvalue weighted by atomic mass is 32.2. The topological polar surface area (TPSA) is 86.8 Å². The average molecular weight is 644 g/mol. The average Bonchev–Trinajstić information content (AvgIpc) is 3.05. The van der Waals surface area contributed by atoms with Crippen molar-refractivity contribution in [3.63, 3.8) is 0 Å². The van der Waals surface area contributed by atoms with Gasteiger partial charge in [0.05, 0.1) is 10.6 Å². The SMILES string of the molecule is CCCNC(=O)C(Cc1ccccc1)N(Cc1ccc(F)cc1)C(=O)CN(c1ccc(C(C)C)cc1)S(=O)(=O)c1ccc(C)cc1. The number of sulfonamides is 1. The first-order valence-corrected chi connectivity index (χ1v) is 17.0. The van der Waals surface area contributed by atoms with Crippen LogP contribution in [0.15, 0.2) is 108 Å². The summed E-state index contributed by atoms with van der Waals surface area (Å²) in [6, 6.07) is 27.7. The zero-order valence-electron chi connectivity index (χ0n) is 26.8. The van der Waals surface area contributed by atoms with Crippen LogP contribution in [0.5, 0.6) is 0 Å². The van der Waals surface area contributed by atoms with Gasteiger partial charge in [-0.15, -0.1) is 0 Å². The van der Waals surface area contributed by atoms with Crippen LogP contribution in [-0.4, -0.2) is 44.3 Å². The van der Waals surface area contributed by atoms with Crippen molar-refractivity contribution in [2.75, 3.05) is 17.4 Å². The van der Waals surface area contributed by atoms with Gasteiger partial charge in [-0.05, 0) is 72.4 Å². The molecule has 4 rings (SSSR count). The van der Waals surface area contributed by atoms with Crippen molar-refractivity contribution in [3.8, 4) is 0 Å². The number of nitrogens with zero attached hydrogens (tertiary/aromatic N) is 2. The Labute approximate surface area is 272 Å². The lowest BCUT2D eigenvalue weighted by Crippen LogP contribution is -2.53. The van der Waals surface area contributed by atoms with Crippen LogP contribution < -0.4 is 9.62 Å².